The summed E-state index contributed by atoms with van der Waals surface area (Å²) in [5, 5.41) is 10.6. The fourth-order valence-corrected chi connectivity index (χ4v) is 5.06. The number of amides is 1. The Hall–Kier alpha value is -3.64. The molecule has 1 heterocycles. The smallest absolute Gasteiger partial charge is 0.220 e. The molecule has 1 unspecified atom stereocenters. The van der Waals surface area contributed by atoms with Crippen molar-refractivity contribution in [3.05, 3.63) is 78.5 Å². The molecule has 0 saturated heterocycles. The molecule has 4 rings (SSSR count). The van der Waals surface area contributed by atoms with E-state index in [1.807, 2.05) is 22.9 Å². The van der Waals surface area contributed by atoms with E-state index in [4.69, 9.17) is 9.84 Å². The minimum Gasteiger partial charge on any atom is -0.497 e. The molecule has 206 valence electrons. The van der Waals surface area contributed by atoms with Gasteiger partial charge in [0.1, 0.15) is 5.75 Å². The van der Waals surface area contributed by atoms with Gasteiger partial charge in [-0.25, -0.2) is 4.68 Å². The molecule has 1 aromatic heterocycles. The average Bonchev–Trinajstić information content (AvgIpc) is 3.39. The third kappa shape index (κ3) is 7.70. The molecular formula is C33H42N4O2. The molecule has 0 aliphatic rings. The van der Waals surface area contributed by atoms with Crippen LogP contribution in [0.4, 0.5) is 0 Å². The quantitative estimate of drug-likeness (QED) is 0.200. The van der Waals surface area contributed by atoms with Gasteiger partial charge in [-0.3, -0.25) is 4.79 Å². The molecule has 1 N–H and O–H groups in total. The number of methoxy groups -OCH3 is 1. The number of benzene rings is 3. The predicted molar refractivity (Wildman–Crippen MR) is 161 cm³/mol. The van der Waals surface area contributed by atoms with Gasteiger partial charge in [0.2, 0.25) is 5.91 Å². The number of nitrogens with zero attached hydrogens (tertiary/aromatic N) is 3. The fraction of sp³-hybridized carbons (Fsp3) is 0.394. The van der Waals surface area contributed by atoms with Gasteiger partial charge in [0.25, 0.3) is 0 Å². The van der Waals surface area contributed by atoms with Crippen molar-refractivity contribution in [3.8, 4) is 22.7 Å². The van der Waals surface area contributed by atoms with Gasteiger partial charge in [-0.1, -0.05) is 56.3 Å². The van der Waals surface area contributed by atoms with E-state index >= 15 is 0 Å². The van der Waals surface area contributed by atoms with Crippen molar-refractivity contribution in [3.63, 3.8) is 0 Å². The van der Waals surface area contributed by atoms with Crippen LogP contribution in [0, 0.1) is 0 Å². The third-order valence-electron chi connectivity index (χ3n) is 7.38. The number of aryl methyl sites for hydroxylation is 1. The first-order valence-electron chi connectivity index (χ1n) is 14.2. The number of rotatable bonds is 14. The van der Waals surface area contributed by atoms with Gasteiger partial charge < -0.3 is 15.0 Å². The summed E-state index contributed by atoms with van der Waals surface area (Å²) in [6.45, 7) is 9.73. The van der Waals surface area contributed by atoms with E-state index in [9.17, 15) is 4.79 Å². The molecule has 0 fully saturated rings. The maximum Gasteiger partial charge on any atom is 0.220 e. The highest BCUT2D eigenvalue weighted by Crippen LogP contribution is 2.27. The molecule has 0 aliphatic heterocycles. The normalized spacial score (nSPS) is 12.1. The first kappa shape index (κ1) is 28.4. The Kier molecular flexibility index (Phi) is 10.1. The molecule has 1 atom stereocenters. The van der Waals surface area contributed by atoms with E-state index in [2.05, 4.69) is 85.6 Å². The molecule has 0 spiro atoms. The molecule has 1 amide bonds. The van der Waals surface area contributed by atoms with Crippen LogP contribution in [0.15, 0.2) is 72.8 Å². The van der Waals surface area contributed by atoms with Crippen LogP contribution in [0.25, 0.3) is 27.7 Å². The van der Waals surface area contributed by atoms with Crippen LogP contribution in [0.2, 0.25) is 0 Å². The zero-order chi connectivity index (χ0) is 27.6. The van der Waals surface area contributed by atoms with Crippen molar-refractivity contribution in [2.24, 2.45) is 0 Å². The van der Waals surface area contributed by atoms with Crippen molar-refractivity contribution < 1.29 is 9.53 Å². The lowest BCUT2D eigenvalue weighted by Gasteiger charge is -2.19. The number of ether oxygens (including phenoxy) is 1. The molecule has 0 saturated carbocycles. The maximum absolute atomic E-state index is 12.7. The number of carbonyl (C=O) groups excluding carboxylic acids is 1. The Morgan fingerprint density at radius 2 is 1.77 bits per heavy atom. The molecule has 0 aliphatic carbocycles. The fourth-order valence-electron chi connectivity index (χ4n) is 5.06. The predicted octanol–water partition coefficient (Wildman–Crippen LogP) is 6.65. The van der Waals surface area contributed by atoms with Gasteiger partial charge in [0, 0.05) is 23.7 Å². The summed E-state index contributed by atoms with van der Waals surface area (Å²) < 4.78 is 7.46. The molecule has 6 heteroatoms. The zero-order valence-corrected chi connectivity index (χ0v) is 23.8. The molecule has 39 heavy (non-hydrogen) atoms. The highest BCUT2D eigenvalue weighted by molar-refractivity contribution is 5.84. The first-order chi connectivity index (χ1) is 19.0. The van der Waals surface area contributed by atoms with E-state index < -0.39 is 0 Å². The van der Waals surface area contributed by atoms with Crippen LogP contribution in [-0.4, -0.2) is 53.4 Å². The van der Waals surface area contributed by atoms with Crippen LogP contribution in [-0.2, 0) is 11.2 Å². The summed E-state index contributed by atoms with van der Waals surface area (Å²) in [4.78, 5) is 15.1. The first-order valence-corrected chi connectivity index (χ1v) is 14.2. The molecular weight excluding hydrogens is 484 g/mol. The van der Waals surface area contributed by atoms with E-state index in [0.29, 0.717) is 6.42 Å². The van der Waals surface area contributed by atoms with Crippen LogP contribution < -0.4 is 10.1 Å². The van der Waals surface area contributed by atoms with Gasteiger partial charge in [-0.2, -0.15) is 5.10 Å². The number of fused-ring (bicyclic) bond motifs is 1. The number of nitrogens with one attached hydrogen (secondary N) is 1. The Balaban J connectivity index is 1.44. The summed E-state index contributed by atoms with van der Waals surface area (Å²) >= 11 is 0. The largest absolute Gasteiger partial charge is 0.497 e. The number of aromatic nitrogens is 2. The van der Waals surface area contributed by atoms with Crippen LogP contribution in [0.1, 0.15) is 52.1 Å². The average molecular weight is 527 g/mol. The minimum absolute atomic E-state index is 0.120. The van der Waals surface area contributed by atoms with Crippen LogP contribution >= 0.6 is 0 Å². The summed E-state index contributed by atoms with van der Waals surface area (Å²) in [7, 11) is 1.68. The second kappa shape index (κ2) is 13.9. The number of hydrogen-bond acceptors (Lipinski definition) is 4. The van der Waals surface area contributed by atoms with Crippen LogP contribution in [0.5, 0.6) is 5.75 Å². The molecule has 4 aromatic rings. The monoisotopic (exact) mass is 526 g/mol. The minimum atomic E-state index is 0.120. The summed E-state index contributed by atoms with van der Waals surface area (Å²) in [6, 6.07) is 25.1. The van der Waals surface area contributed by atoms with Crippen molar-refractivity contribution in [2.45, 2.75) is 58.9 Å². The maximum atomic E-state index is 12.7. The van der Waals surface area contributed by atoms with Crippen molar-refractivity contribution >= 4 is 16.7 Å². The van der Waals surface area contributed by atoms with E-state index in [0.717, 1.165) is 73.7 Å². The standard InChI is InChI=1S/C33H42N4O2/c1-5-36(6-2)21-11-12-25(3)34-33(38)18-10-16-29-24-32(28-15-9-17-31(23-28)39-4)35-37(29)30-20-19-26-13-7-8-14-27(26)22-30/h7-9,13-15,17,19-20,22-25H,5-6,10-12,16,18,21H2,1-4H3,(H,34,38). The third-order valence-corrected chi connectivity index (χ3v) is 7.38. The summed E-state index contributed by atoms with van der Waals surface area (Å²) in [5.74, 6) is 0.923. The lowest BCUT2D eigenvalue weighted by Crippen LogP contribution is -2.33. The van der Waals surface area contributed by atoms with E-state index in [-0.39, 0.29) is 11.9 Å². The summed E-state index contributed by atoms with van der Waals surface area (Å²) in [6.07, 6.45) is 4.11. The highest BCUT2D eigenvalue weighted by Gasteiger charge is 2.14. The second-order valence-corrected chi connectivity index (χ2v) is 10.2. The molecule has 3 aromatic carbocycles. The Labute approximate surface area is 233 Å². The zero-order valence-electron chi connectivity index (χ0n) is 23.8. The van der Waals surface area contributed by atoms with Gasteiger partial charge in [-0.05, 0) is 93.3 Å². The Morgan fingerprint density at radius 3 is 2.54 bits per heavy atom. The van der Waals surface area contributed by atoms with Gasteiger partial charge >= 0.3 is 0 Å². The summed E-state index contributed by atoms with van der Waals surface area (Å²) in [5.41, 5.74) is 4.00. The van der Waals surface area contributed by atoms with Gasteiger partial charge in [0.05, 0.1) is 18.5 Å². The topological polar surface area (TPSA) is 59.4 Å². The molecule has 6 nitrogen and oxygen atoms in total. The number of hydrogen-bond donors (Lipinski definition) is 1. The molecule has 0 radical (unpaired) electrons. The second-order valence-electron chi connectivity index (χ2n) is 10.2. The number of carbonyl (C=O) groups is 1. The lowest BCUT2D eigenvalue weighted by atomic mass is 10.1. The van der Waals surface area contributed by atoms with Crippen molar-refractivity contribution in [1.29, 1.82) is 0 Å². The Morgan fingerprint density at radius 1 is 0.974 bits per heavy atom. The van der Waals surface area contributed by atoms with Crippen molar-refractivity contribution in [2.75, 3.05) is 26.7 Å². The van der Waals surface area contributed by atoms with Gasteiger partial charge in [-0.15, -0.1) is 0 Å². The molecule has 0 bridgehead atoms. The Bertz CT molecular complexity index is 1360. The van der Waals surface area contributed by atoms with E-state index in [1.165, 1.54) is 10.8 Å². The van der Waals surface area contributed by atoms with E-state index in [1.54, 1.807) is 7.11 Å². The van der Waals surface area contributed by atoms with Crippen molar-refractivity contribution in [1.82, 2.24) is 20.0 Å². The lowest BCUT2D eigenvalue weighted by molar-refractivity contribution is -0.121. The van der Waals surface area contributed by atoms with Gasteiger partial charge in [0.15, 0.2) is 0 Å². The SMILES string of the molecule is CCN(CC)CCCC(C)NC(=O)CCCc1cc(-c2cccc(OC)c2)nn1-c1ccc2ccccc2c1. The van der Waals surface area contributed by atoms with Crippen LogP contribution in [0.3, 0.4) is 0 Å². The highest BCUT2D eigenvalue weighted by atomic mass is 16.5.